The second-order valence-electron chi connectivity index (χ2n) is 13.2. The summed E-state index contributed by atoms with van der Waals surface area (Å²) in [6.45, 7) is 0. The lowest BCUT2D eigenvalue weighted by Crippen LogP contribution is -1.95. The smallest absolute Gasteiger partial charge is 0.155 e. The summed E-state index contributed by atoms with van der Waals surface area (Å²) in [5.74, 6) is 0. The molecule has 49 heavy (non-hydrogen) atoms. The number of para-hydroxylation sites is 2. The van der Waals surface area contributed by atoms with Gasteiger partial charge < -0.3 is 8.98 Å². The maximum Gasteiger partial charge on any atom is 0.155 e. The molecule has 0 fully saturated rings. The van der Waals surface area contributed by atoms with Crippen molar-refractivity contribution in [3.63, 3.8) is 0 Å². The fourth-order valence-electron chi connectivity index (χ4n) is 8.76. The third-order valence-corrected chi connectivity index (χ3v) is 11.9. The minimum Gasteiger partial charge on any atom is -0.454 e. The van der Waals surface area contributed by atoms with Crippen molar-refractivity contribution in [3.8, 4) is 39.1 Å². The number of fused-ring (bicyclic) bond motifs is 15. The Morgan fingerprint density at radius 3 is 2.02 bits per heavy atom. The Hall–Kier alpha value is -6.16. The number of hydrogen-bond donors (Lipinski definition) is 0. The maximum atomic E-state index is 6.78. The zero-order valence-electron chi connectivity index (χ0n) is 26.2. The largest absolute Gasteiger partial charge is 0.454 e. The Kier molecular flexibility index (Phi) is 4.89. The van der Waals surface area contributed by atoms with Gasteiger partial charge in [-0.15, -0.1) is 11.3 Å². The number of aromatic nitrogens is 1. The molecule has 226 valence electrons. The van der Waals surface area contributed by atoms with Gasteiger partial charge in [0.1, 0.15) is 5.58 Å². The summed E-state index contributed by atoms with van der Waals surface area (Å²) in [5, 5.41) is 10.1. The van der Waals surface area contributed by atoms with Gasteiger partial charge in [0, 0.05) is 37.3 Å². The molecule has 0 radical (unpaired) electrons. The van der Waals surface area contributed by atoms with Crippen LogP contribution in [0.1, 0.15) is 0 Å². The Labute approximate surface area is 284 Å². The van der Waals surface area contributed by atoms with Crippen LogP contribution >= 0.6 is 11.3 Å². The van der Waals surface area contributed by atoms with Gasteiger partial charge in [0.2, 0.25) is 0 Å². The summed E-state index contributed by atoms with van der Waals surface area (Å²) in [5.41, 5.74) is 13.2. The molecule has 0 saturated heterocycles. The third kappa shape index (κ3) is 3.25. The first-order chi connectivity index (χ1) is 24.3. The highest BCUT2D eigenvalue weighted by Gasteiger charge is 2.26. The van der Waals surface area contributed by atoms with E-state index in [0.29, 0.717) is 0 Å². The first-order valence-corrected chi connectivity index (χ1v) is 17.6. The monoisotopic (exact) mass is 639 g/mol. The summed E-state index contributed by atoms with van der Waals surface area (Å²) < 4.78 is 11.8. The molecule has 0 aliphatic heterocycles. The van der Waals surface area contributed by atoms with Crippen molar-refractivity contribution in [3.05, 3.63) is 152 Å². The first kappa shape index (κ1) is 25.9. The van der Waals surface area contributed by atoms with Crippen LogP contribution < -0.4 is 0 Å². The second-order valence-corrected chi connectivity index (χ2v) is 14.2. The SMILES string of the molecule is c1cc(-c2ccc3c4c(cccc24)-c2ccccc2-3)cc(-n2c3ccccc3c3c4c5ccccc5sc4c4oc5ccccc5c4c32)c1. The van der Waals surface area contributed by atoms with Crippen LogP contribution in [-0.2, 0) is 0 Å². The van der Waals surface area contributed by atoms with Crippen molar-refractivity contribution in [2.75, 3.05) is 0 Å². The van der Waals surface area contributed by atoms with Crippen molar-refractivity contribution in [2.45, 2.75) is 0 Å². The molecule has 1 aliphatic carbocycles. The Morgan fingerprint density at radius 1 is 0.449 bits per heavy atom. The lowest BCUT2D eigenvalue weighted by molar-refractivity contribution is 0.673. The molecular formula is C46H25NOS. The molecule has 1 aliphatic rings. The van der Waals surface area contributed by atoms with Gasteiger partial charge in [-0.2, -0.15) is 0 Å². The van der Waals surface area contributed by atoms with E-state index >= 15 is 0 Å². The van der Waals surface area contributed by atoms with E-state index < -0.39 is 0 Å². The van der Waals surface area contributed by atoms with Crippen LogP contribution in [0.3, 0.4) is 0 Å². The van der Waals surface area contributed by atoms with Crippen molar-refractivity contribution in [1.82, 2.24) is 4.57 Å². The number of hydrogen-bond acceptors (Lipinski definition) is 2. The molecular weight excluding hydrogens is 615 g/mol. The molecule has 2 nitrogen and oxygen atoms in total. The summed E-state index contributed by atoms with van der Waals surface area (Å²) in [7, 11) is 0. The van der Waals surface area contributed by atoms with Gasteiger partial charge in [-0.05, 0) is 74.5 Å². The number of furan rings is 1. The molecule has 3 heteroatoms. The van der Waals surface area contributed by atoms with E-state index in [2.05, 4.69) is 156 Å². The van der Waals surface area contributed by atoms with Crippen molar-refractivity contribution < 1.29 is 4.42 Å². The van der Waals surface area contributed by atoms with Crippen LogP contribution in [0, 0.1) is 0 Å². The highest BCUT2D eigenvalue weighted by Crippen LogP contribution is 2.52. The highest BCUT2D eigenvalue weighted by molar-refractivity contribution is 7.27. The van der Waals surface area contributed by atoms with Crippen LogP contribution in [0.4, 0.5) is 0 Å². The molecule has 3 heterocycles. The summed E-state index contributed by atoms with van der Waals surface area (Å²) in [6, 6.07) is 55.5. The van der Waals surface area contributed by atoms with Crippen molar-refractivity contribution >= 4 is 86.0 Å². The molecule has 0 atom stereocenters. The predicted octanol–water partition coefficient (Wildman–Crippen LogP) is 13.5. The molecule has 11 aromatic rings. The average Bonchev–Trinajstić information content (AvgIpc) is 3.91. The van der Waals surface area contributed by atoms with E-state index in [9.17, 15) is 0 Å². The van der Waals surface area contributed by atoms with Gasteiger partial charge in [0.15, 0.2) is 5.58 Å². The van der Waals surface area contributed by atoms with Gasteiger partial charge in [-0.25, -0.2) is 0 Å². The van der Waals surface area contributed by atoms with Crippen LogP contribution in [0.15, 0.2) is 156 Å². The fourth-order valence-corrected chi connectivity index (χ4v) is 9.96. The minimum atomic E-state index is 0.920. The zero-order valence-corrected chi connectivity index (χ0v) is 27.0. The van der Waals surface area contributed by atoms with Crippen LogP contribution in [0.5, 0.6) is 0 Å². The fraction of sp³-hybridized carbons (Fsp3) is 0. The molecule has 0 N–H and O–H groups in total. The molecule has 12 rings (SSSR count). The normalized spacial score (nSPS) is 12.5. The van der Waals surface area contributed by atoms with E-state index in [1.807, 2.05) is 11.3 Å². The van der Waals surface area contributed by atoms with E-state index in [1.165, 1.54) is 91.5 Å². The molecule has 0 saturated carbocycles. The molecule has 0 spiro atoms. The average molecular weight is 640 g/mol. The first-order valence-electron chi connectivity index (χ1n) is 16.8. The summed E-state index contributed by atoms with van der Waals surface area (Å²) in [4.78, 5) is 0. The standard InChI is InChI=1S/C46H25NOS/c1-2-14-30-29(13-1)32-19-10-18-31-28(23-24-33(30)40(31)32)26-11-9-12-27(25-26)47-37-20-6-3-15-34(37)41-42-36-17-5-8-22-39(36)49-46(42)45-43(44(41)47)35-16-4-7-21-38(35)48-45/h1-25H. The van der Waals surface area contributed by atoms with E-state index in [0.717, 1.165) is 22.2 Å². The lowest BCUT2D eigenvalue weighted by Gasteiger charge is -2.13. The summed E-state index contributed by atoms with van der Waals surface area (Å²) >= 11 is 1.84. The van der Waals surface area contributed by atoms with Crippen molar-refractivity contribution in [2.24, 2.45) is 0 Å². The molecule has 8 aromatic carbocycles. The highest BCUT2D eigenvalue weighted by atomic mass is 32.1. The van der Waals surface area contributed by atoms with Gasteiger partial charge in [-0.1, -0.05) is 121 Å². The van der Waals surface area contributed by atoms with Crippen LogP contribution in [0.2, 0.25) is 0 Å². The van der Waals surface area contributed by atoms with Crippen LogP contribution in [0.25, 0.3) is 114 Å². The minimum absolute atomic E-state index is 0.920. The van der Waals surface area contributed by atoms with Gasteiger partial charge >= 0.3 is 0 Å². The van der Waals surface area contributed by atoms with Gasteiger partial charge in [0.05, 0.1) is 21.1 Å². The molecule has 3 aromatic heterocycles. The Bertz CT molecular complexity index is 3200. The molecule has 0 unspecified atom stereocenters. The quantitative estimate of drug-likeness (QED) is 0.184. The van der Waals surface area contributed by atoms with Gasteiger partial charge in [0.25, 0.3) is 0 Å². The van der Waals surface area contributed by atoms with E-state index in [1.54, 1.807) is 0 Å². The zero-order chi connectivity index (χ0) is 31.8. The van der Waals surface area contributed by atoms with Crippen molar-refractivity contribution in [1.29, 1.82) is 0 Å². The second kappa shape index (κ2) is 9.25. The predicted molar refractivity (Wildman–Crippen MR) is 208 cm³/mol. The molecule has 0 bridgehead atoms. The number of rotatable bonds is 2. The number of nitrogens with zero attached hydrogens (tertiary/aromatic N) is 1. The number of benzene rings is 8. The Balaban J connectivity index is 1.22. The van der Waals surface area contributed by atoms with Crippen LogP contribution in [-0.4, -0.2) is 4.57 Å². The van der Waals surface area contributed by atoms with E-state index in [-0.39, 0.29) is 0 Å². The topological polar surface area (TPSA) is 18.1 Å². The van der Waals surface area contributed by atoms with Gasteiger partial charge in [-0.3, -0.25) is 0 Å². The lowest BCUT2D eigenvalue weighted by atomic mass is 9.94. The third-order valence-electron chi connectivity index (χ3n) is 10.7. The number of thiophene rings is 1. The maximum absolute atomic E-state index is 6.78. The molecule has 0 amide bonds. The van der Waals surface area contributed by atoms with E-state index in [4.69, 9.17) is 4.42 Å². The Morgan fingerprint density at radius 2 is 1.12 bits per heavy atom. The summed E-state index contributed by atoms with van der Waals surface area (Å²) in [6.07, 6.45) is 0.